The van der Waals surface area contributed by atoms with Crippen LogP contribution in [-0.2, 0) is 0 Å². The van der Waals surface area contributed by atoms with Gasteiger partial charge in [-0.15, -0.1) is 0 Å². The third kappa shape index (κ3) is 1.79. The van der Waals surface area contributed by atoms with Crippen molar-refractivity contribution >= 4 is 5.84 Å². The molecule has 1 atom stereocenters. The van der Waals surface area contributed by atoms with Crippen LogP contribution in [0.2, 0.25) is 0 Å². The summed E-state index contributed by atoms with van der Waals surface area (Å²) >= 11 is 0. The third-order valence-electron chi connectivity index (χ3n) is 3.15. The Morgan fingerprint density at radius 2 is 2.00 bits per heavy atom. The highest BCUT2D eigenvalue weighted by Crippen LogP contribution is 2.27. The summed E-state index contributed by atoms with van der Waals surface area (Å²) in [6.45, 7) is 2.22. The van der Waals surface area contributed by atoms with Crippen LogP contribution in [0, 0.1) is 0 Å². The zero-order chi connectivity index (χ0) is 9.26. The Kier molecular flexibility index (Phi) is 2.42. The van der Waals surface area contributed by atoms with Crippen molar-refractivity contribution in [3.05, 3.63) is 0 Å². The maximum absolute atomic E-state index is 5.73. The van der Waals surface area contributed by atoms with Crippen LogP contribution in [0.5, 0.6) is 0 Å². The molecule has 1 heterocycles. The molecule has 0 amide bonds. The summed E-state index contributed by atoms with van der Waals surface area (Å²) in [5, 5.41) is 6.67. The Morgan fingerprint density at radius 1 is 1.31 bits per heavy atom. The molecule has 0 saturated heterocycles. The second-order valence-corrected chi connectivity index (χ2v) is 4.32. The van der Waals surface area contributed by atoms with Crippen LogP contribution < -0.4 is 5.73 Å². The Bertz CT molecular complexity index is 206. The Labute approximate surface area is 80.0 Å². The molecule has 1 aliphatic carbocycles. The molecule has 1 fully saturated rings. The van der Waals surface area contributed by atoms with Gasteiger partial charge < -0.3 is 5.73 Å². The van der Waals surface area contributed by atoms with Gasteiger partial charge in [0.05, 0.1) is 6.04 Å². The molecular weight excluding hydrogens is 162 g/mol. The summed E-state index contributed by atoms with van der Waals surface area (Å²) in [4.78, 5) is 0. The second kappa shape index (κ2) is 3.56. The smallest absolute Gasteiger partial charge is 0.121 e. The van der Waals surface area contributed by atoms with Crippen molar-refractivity contribution in [3.8, 4) is 0 Å². The molecule has 1 unspecified atom stereocenters. The minimum Gasteiger partial charge on any atom is -0.386 e. The molecule has 0 aromatic carbocycles. The van der Waals surface area contributed by atoms with Crippen LogP contribution in [0.25, 0.3) is 0 Å². The van der Waals surface area contributed by atoms with Gasteiger partial charge in [-0.05, 0) is 19.8 Å². The van der Waals surface area contributed by atoms with Gasteiger partial charge in [-0.2, -0.15) is 5.10 Å². The first-order valence-electron chi connectivity index (χ1n) is 5.38. The molecule has 2 aliphatic rings. The van der Waals surface area contributed by atoms with E-state index < -0.39 is 0 Å². The lowest BCUT2D eigenvalue weighted by Gasteiger charge is -2.32. The normalized spacial score (nSPS) is 30.7. The van der Waals surface area contributed by atoms with E-state index in [9.17, 15) is 0 Å². The van der Waals surface area contributed by atoms with Crippen LogP contribution in [0.3, 0.4) is 0 Å². The van der Waals surface area contributed by atoms with Gasteiger partial charge in [-0.3, -0.25) is 5.01 Å². The summed E-state index contributed by atoms with van der Waals surface area (Å²) < 4.78 is 0. The van der Waals surface area contributed by atoms with Crippen LogP contribution >= 0.6 is 0 Å². The lowest BCUT2D eigenvalue weighted by molar-refractivity contribution is 0.134. The zero-order valence-electron chi connectivity index (χ0n) is 8.37. The Balaban J connectivity index is 1.98. The van der Waals surface area contributed by atoms with Crippen LogP contribution in [-0.4, -0.2) is 22.9 Å². The molecular formula is C10H19N3. The van der Waals surface area contributed by atoms with Gasteiger partial charge in [-0.1, -0.05) is 19.3 Å². The molecule has 74 valence electrons. The van der Waals surface area contributed by atoms with E-state index in [1.807, 2.05) is 0 Å². The molecule has 2 rings (SSSR count). The molecule has 13 heavy (non-hydrogen) atoms. The fourth-order valence-corrected chi connectivity index (χ4v) is 2.47. The lowest BCUT2D eigenvalue weighted by atomic mass is 9.94. The Hall–Kier alpha value is -0.730. The van der Waals surface area contributed by atoms with Crippen molar-refractivity contribution < 1.29 is 0 Å². The predicted octanol–water partition coefficient (Wildman–Crippen LogP) is 1.69. The van der Waals surface area contributed by atoms with E-state index in [1.54, 1.807) is 0 Å². The third-order valence-corrected chi connectivity index (χ3v) is 3.15. The molecule has 0 aromatic heterocycles. The summed E-state index contributed by atoms with van der Waals surface area (Å²) in [5.41, 5.74) is 5.73. The van der Waals surface area contributed by atoms with Crippen molar-refractivity contribution in [1.29, 1.82) is 0 Å². The van der Waals surface area contributed by atoms with Gasteiger partial charge in [0.15, 0.2) is 0 Å². The number of hydrazone groups is 1. The number of nitrogens with two attached hydrogens (primary N) is 1. The minimum absolute atomic E-state index is 0.531. The first-order chi connectivity index (χ1) is 6.27. The van der Waals surface area contributed by atoms with Crippen LogP contribution in [0.4, 0.5) is 0 Å². The van der Waals surface area contributed by atoms with Crippen molar-refractivity contribution in [2.24, 2.45) is 10.8 Å². The second-order valence-electron chi connectivity index (χ2n) is 4.32. The van der Waals surface area contributed by atoms with Gasteiger partial charge in [-0.25, -0.2) is 0 Å². The van der Waals surface area contributed by atoms with Gasteiger partial charge in [0, 0.05) is 12.5 Å². The average molecular weight is 181 g/mol. The fourth-order valence-electron chi connectivity index (χ4n) is 2.47. The highest BCUT2D eigenvalue weighted by atomic mass is 15.5. The lowest BCUT2D eigenvalue weighted by Crippen LogP contribution is -2.36. The maximum atomic E-state index is 5.73. The molecule has 0 spiro atoms. The van der Waals surface area contributed by atoms with Crippen molar-refractivity contribution in [3.63, 3.8) is 0 Å². The summed E-state index contributed by atoms with van der Waals surface area (Å²) in [6.07, 6.45) is 7.70. The summed E-state index contributed by atoms with van der Waals surface area (Å²) in [7, 11) is 0. The molecule has 0 aromatic rings. The standard InChI is InChI=1S/C10H19N3/c1-8-7-10(11)12-13(8)9-5-3-2-4-6-9/h8-9H,2-7H2,1H3,(H2,11,12). The molecule has 0 radical (unpaired) electrons. The van der Waals surface area contributed by atoms with Gasteiger partial charge in [0.25, 0.3) is 0 Å². The van der Waals surface area contributed by atoms with Gasteiger partial charge in [0.1, 0.15) is 5.84 Å². The first kappa shape index (κ1) is 8.85. The van der Waals surface area contributed by atoms with Gasteiger partial charge in [0.2, 0.25) is 0 Å². The predicted molar refractivity (Wildman–Crippen MR) is 54.4 cm³/mol. The van der Waals surface area contributed by atoms with E-state index >= 15 is 0 Å². The van der Waals surface area contributed by atoms with E-state index in [1.165, 1.54) is 32.1 Å². The monoisotopic (exact) mass is 181 g/mol. The molecule has 0 bridgehead atoms. The first-order valence-corrected chi connectivity index (χ1v) is 5.38. The number of hydrogen-bond donors (Lipinski definition) is 1. The number of amidine groups is 1. The van der Waals surface area contributed by atoms with Crippen molar-refractivity contribution in [2.45, 2.75) is 57.5 Å². The number of hydrogen-bond acceptors (Lipinski definition) is 3. The maximum Gasteiger partial charge on any atom is 0.121 e. The minimum atomic E-state index is 0.531. The molecule has 1 aliphatic heterocycles. The summed E-state index contributed by atoms with van der Waals surface area (Å²) in [5.74, 6) is 0.818. The molecule has 2 N–H and O–H groups in total. The molecule has 3 heteroatoms. The largest absolute Gasteiger partial charge is 0.386 e. The summed E-state index contributed by atoms with van der Waals surface area (Å²) in [6, 6.07) is 1.20. The van der Waals surface area contributed by atoms with E-state index in [2.05, 4.69) is 17.0 Å². The zero-order valence-corrected chi connectivity index (χ0v) is 8.37. The highest BCUT2D eigenvalue weighted by molar-refractivity contribution is 5.81. The number of rotatable bonds is 1. The van der Waals surface area contributed by atoms with Crippen molar-refractivity contribution in [2.75, 3.05) is 0 Å². The van der Waals surface area contributed by atoms with Gasteiger partial charge >= 0.3 is 0 Å². The van der Waals surface area contributed by atoms with Crippen molar-refractivity contribution in [1.82, 2.24) is 5.01 Å². The van der Waals surface area contributed by atoms with E-state index in [-0.39, 0.29) is 0 Å². The van der Waals surface area contributed by atoms with Crippen LogP contribution in [0.1, 0.15) is 45.4 Å². The fraction of sp³-hybridized carbons (Fsp3) is 0.900. The molecule has 1 saturated carbocycles. The molecule has 3 nitrogen and oxygen atoms in total. The van der Waals surface area contributed by atoms with E-state index in [0.717, 1.165) is 12.3 Å². The average Bonchev–Trinajstić information content (AvgIpc) is 2.47. The van der Waals surface area contributed by atoms with E-state index in [4.69, 9.17) is 5.73 Å². The highest BCUT2D eigenvalue weighted by Gasteiger charge is 2.28. The van der Waals surface area contributed by atoms with Crippen LogP contribution in [0.15, 0.2) is 5.10 Å². The van der Waals surface area contributed by atoms with E-state index in [0.29, 0.717) is 12.1 Å². The SMILES string of the molecule is CC1CC(N)=NN1C1CCCCC1. The quantitative estimate of drug-likeness (QED) is 0.668. The Morgan fingerprint density at radius 3 is 2.54 bits per heavy atom. The topological polar surface area (TPSA) is 41.6 Å². The number of nitrogens with zero attached hydrogens (tertiary/aromatic N) is 2.